The molecule has 0 unspecified atom stereocenters. The van der Waals surface area contributed by atoms with E-state index in [9.17, 15) is 14.4 Å². The van der Waals surface area contributed by atoms with E-state index in [2.05, 4.69) is 10.6 Å². The second-order valence-electron chi connectivity index (χ2n) is 9.15. The molecule has 2 heterocycles. The van der Waals surface area contributed by atoms with Gasteiger partial charge in [0.15, 0.2) is 0 Å². The van der Waals surface area contributed by atoms with Gasteiger partial charge in [-0.25, -0.2) is 0 Å². The second-order valence-corrected chi connectivity index (χ2v) is 9.15. The van der Waals surface area contributed by atoms with Gasteiger partial charge >= 0.3 is 0 Å². The molecule has 4 rings (SSSR count). The predicted octanol–water partition coefficient (Wildman–Crippen LogP) is 2.40. The highest BCUT2D eigenvalue weighted by Gasteiger charge is 2.39. The smallest absolute Gasteiger partial charge is 0.257 e. The van der Waals surface area contributed by atoms with Crippen LogP contribution in [0.5, 0.6) is 5.75 Å². The minimum absolute atomic E-state index is 0.0426. The van der Waals surface area contributed by atoms with Gasteiger partial charge in [0, 0.05) is 26.4 Å². The van der Waals surface area contributed by atoms with E-state index >= 15 is 0 Å². The lowest BCUT2D eigenvalue weighted by Crippen LogP contribution is -2.54. The topological polar surface area (TPSA) is 106 Å². The molecule has 1 saturated heterocycles. The van der Waals surface area contributed by atoms with Gasteiger partial charge in [-0.1, -0.05) is 30.3 Å². The van der Waals surface area contributed by atoms with Gasteiger partial charge < -0.3 is 29.7 Å². The number of likely N-dealkylation sites (N-methyl/N-ethyl adjacent to an activating group) is 1. The minimum atomic E-state index is -0.343. The molecule has 36 heavy (non-hydrogen) atoms. The first-order valence-corrected chi connectivity index (χ1v) is 12.2. The number of benzene rings is 2. The number of methoxy groups -OCH3 is 1. The van der Waals surface area contributed by atoms with E-state index in [0.29, 0.717) is 36.4 Å². The van der Waals surface area contributed by atoms with Crippen molar-refractivity contribution >= 4 is 23.4 Å². The first-order chi connectivity index (χ1) is 17.4. The van der Waals surface area contributed by atoms with Crippen molar-refractivity contribution < 1.29 is 28.6 Å². The molecule has 0 saturated carbocycles. The van der Waals surface area contributed by atoms with E-state index in [0.717, 1.165) is 6.42 Å². The molecule has 2 aromatic rings. The molecule has 9 heteroatoms. The van der Waals surface area contributed by atoms with E-state index in [1.54, 1.807) is 30.1 Å². The van der Waals surface area contributed by atoms with Gasteiger partial charge in [0.2, 0.25) is 11.8 Å². The van der Waals surface area contributed by atoms with Gasteiger partial charge in [0.05, 0.1) is 24.1 Å². The van der Waals surface area contributed by atoms with E-state index in [-0.39, 0.29) is 55.6 Å². The fraction of sp³-hybridized carbons (Fsp3) is 0.444. The molecule has 0 spiro atoms. The summed E-state index contributed by atoms with van der Waals surface area (Å²) < 4.78 is 17.1. The Morgan fingerprint density at radius 2 is 1.92 bits per heavy atom. The predicted molar refractivity (Wildman–Crippen MR) is 134 cm³/mol. The largest absolute Gasteiger partial charge is 0.490 e. The number of fused-ring (bicyclic) bond motifs is 2. The zero-order chi connectivity index (χ0) is 25.5. The quantitative estimate of drug-likeness (QED) is 0.583. The van der Waals surface area contributed by atoms with Crippen molar-refractivity contribution in [1.29, 1.82) is 0 Å². The van der Waals surface area contributed by atoms with Gasteiger partial charge in [0.1, 0.15) is 25.1 Å². The molecule has 0 radical (unpaired) electrons. The molecule has 3 amide bonds. The number of nitrogens with zero attached hydrogens (tertiary/aromatic N) is 1. The number of nitrogens with one attached hydrogen (secondary N) is 2. The van der Waals surface area contributed by atoms with Crippen molar-refractivity contribution in [3.8, 4) is 5.75 Å². The summed E-state index contributed by atoms with van der Waals surface area (Å²) in [4.78, 5) is 39.3. The Labute approximate surface area is 211 Å². The maximum Gasteiger partial charge on any atom is 0.257 e. The third-order valence-corrected chi connectivity index (χ3v) is 6.56. The first-order valence-electron chi connectivity index (χ1n) is 12.2. The van der Waals surface area contributed by atoms with Gasteiger partial charge in [-0.2, -0.15) is 0 Å². The van der Waals surface area contributed by atoms with Crippen LogP contribution in [0.25, 0.3) is 0 Å². The minimum Gasteiger partial charge on any atom is -0.490 e. The number of hydrogen-bond acceptors (Lipinski definition) is 6. The van der Waals surface area contributed by atoms with Crippen LogP contribution < -0.4 is 15.4 Å². The van der Waals surface area contributed by atoms with E-state index in [1.165, 1.54) is 12.7 Å². The highest BCUT2D eigenvalue weighted by Crippen LogP contribution is 2.32. The van der Waals surface area contributed by atoms with Crippen LogP contribution >= 0.6 is 0 Å². The number of hydrogen-bond donors (Lipinski definition) is 2. The lowest BCUT2D eigenvalue weighted by Gasteiger charge is -2.42. The molecule has 1 fully saturated rings. The van der Waals surface area contributed by atoms with Crippen LogP contribution in [0.3, 0.4) is 0 Å². The molecule has 0 aliphatic carbocycles. The molecule has 3 atom stereocenters. The second kappa shape index (κ2) is 12.0. The Kier molecular flexibility index (Phi) is 8.56. The molecule has 9 nitrogen and oxygen atoms in total. The van der Waals surface area contributed by atoms with Crippen molar-refractivity contribution in [3.05, 3.63) is 59.7 Å². The average molecular weight is 496 g/mol. The summed E-state index contributed by atoms with van der Waals surface area (Å²) >= 11 is 0. The fourth-order valence-electron chi connectivity index (χ4n) is 4.70. The summed E-state index contributed by atoms with van der Waals surface area (Å²) in [6, 6.07) is 14.8. The molecule has 2 aromatic carbocycles. The lowest BCUT2D eigenvalue weighted by atomic mass is 9.94. The third-order valence-electron chi connectivity index (χ3n) is 6.56. The molecule has 2 aliphatic heterocycles. The number of carbonyl (C=O) groups is 3. The number of carbonyl (C=O) groups excluding carboxylic acids is 3. The summed E-state index contributed by atoms with van der Waals surface area (Å²) in [7, 11) is 3.20. The SMILES string of the molecule is COCC(=O)Nc1ccc2c(c1)C(=O)N(C)[C@H]1CC[C@H](CC(=O)NCCc3ccccc3)O[C@H]1CO2. The van der Waals surface area contributed by atoms with Gasteiger partial charge in [0.25, 0.3) is 5.91 Å². The van der Waals surface area contributed by atoms with Crippen LogP contribution in [0.1, 0.15) is 35.2 Å². The summed E-state index contributed by atoms with van der Waals surface area (Å²) in [5, 5.41) is 5.69. The molecular formula is C27H33N3O6. The first kappa shape index (κ1) is 25.7. The van der Waals surface area contributed by atoms with Gasteiger partial charge in [-0.05, 0) is 43.0 Å². The standard InChI is InChI=1S/C27H33N3O6/c1-30-22-10-9-20(15-25(31)28-13-12-18-6-4-3-5-7-18)36-24(22)16-35-23-11-8-19(14-21(23)27(30)33)29-26(32)17-34-2/h3-8,11,14,20,22,24H,9-10,12-13,15-17H2,1-2H3,(H,28,31)(H,29,32)/t20-,22+,24+/m1/s1. The van der Waals surface area contributed by atoms with Crippen LogP contribution in [-0.4, -0.2) is 74.8 Å². The number of rotatable bonds is 8. The monoisotopic (exact) mass is 495 g/mol. The number of ether oxygens (including phenoxy) is 3. The van der Waals surface area contributed by atoms with Crippen LogP contribution in [0.2, 0.25) is 0 Å². The highest BCUT2D eigenvalue weighted by molar-refractivity contribution is 6.00. The summed E-state index contributed by atoms with van der Waals surface area (Å²) in [6.45, 7) is 0.762. The fourth-order valence-corrected chi connectivity index (χ4v) is 4.70. The van der Waals surface area contributed by atoms with Gasteiger partial charge in [-0.15, -0.1) is 0 Å². The Bertz CT molecular complexity index is 1080. The zero-order valence-corrected chi connectivity index (χ0v) is 20.7. The van der Waals surface area contributed by atoms with Crippen molar-refractivity contribution in [2.75, 3.05) is 39.2 Å². The average Bonchev–Trinajstić information content (AvgIpc) is 2.87. The summed E-state index contributed by atoms with van der Waals surface area (Å²) in [6.07, 6.45) is 1.86. The summed E-state index contributed by atoms with van der Waals surface area (Å²) in [5.41, 5.74) is 2.06. The highest BCUT2D eigenvalue weighted by atomic mass is 16.5. The van der Waals surface area contributed by atoms with Crippen LogP contribution in [0.15, 0.2) is 48.5 Å². The maximum absolute atomic E-state index is 13.3. The molecule has 2 N–H and O–H groups in total. The molecule has 0 aromatic heterocycles. The van der Waals surface area contributed by atoms with E-state index < -0.39 is 0 Å². The van der Waals surface area contributed by atoms with Gasteiger partial charge in [-0.3, -0.25) is 14.4 Å². The summed E-state index contributed by atoms with van der Waals surface area (Å²) in [5.74, 6) is -0.123. The van der Waals surface area contributed by atoms with Crippen molar-refractivity contribution in [3.63, 3.8) is 0 Å². The molecule has 192 valence electrons. The maximum atomic E-state index is 13.3. The molecular weight excluding hydrogens is 462 g/mol. The Balaban J connectivity index is 1.34. The van der Waals surface area contributed by atoms with Crippen LogP contribution in [0.4, 0.5) is 5.69 Å². The van der Waals surface area contributed by atoms with Crippen molar-refractivity contribution in [2.24, 2.45) is 0 Å². The van der Waals surface area contributed by atoms with E-state index in [1.807, 2.05) is 30.3 Å². The zero-order valence-electron chi connectivity index (χ0n) is 20.7. The molecule has 0 bridgehead atoms. The number of amides is 3. The van der Waals surface area contributed by atoms with Crippen molar-refractivity contribution in [1.82, 2.24) is 10.2 Å². The normalized spacial score (nSPS) is 21.3. The van der Waals surface area contributed by atoms with Crippen LogP contribution in [0, 0.1) is 0 Å². The lowest BCUT2D eigenvalue weighted by molar-refractivity contribution is -0.134. The molecule has 2 aliphatic rings. The van der Waals surface area contributed by atoms with E-state index in [4.69, 9.17) is 14.2 Å². The van der Waals surface area contributed by atoms with Crippen molar-refractivity contribution in [2.45, 2.75) is 43.9 Å². The van der Waals surface area contributed by atoms with Crippen LogP contribution in [-0.2, 0) is 25.5 Å². The Morgan fingerprint density at radius 1 is 1.11 bits per heavy atom. The third kappa shape index (κ3) is 6.41. The Morgan fingerprint density at radius 3 is 2.69 bits per heavy atom. The number of anilines is 1. The Hall–Kier alpha value is -3.43.